The Morgan fingerprint density at radius 3 is 2.20 bits per heavy atom. The summed E-state index contributed by atoms with van der Waals surface area (Å²) in [5, 5.41) is 0. The van der Waals surface area contributed by atoms with Gasteiger partial charge in [-0.1, -0.05) is 0 Å². The molecule has 5 heavy (non-hydrogen) atoms. The predicted octanol–water partition coefficient (Wildman–Crippen LogP) is 0.513. The number of rotatable bonds is 1. The Bertz CT molecular complexity index is 34.6. The molecule has 0 N–H and O–H groups in total. The van der Waals surface area contributed by atoms with Crippen LogP contribution in [0.1, 0.15) is 0 Å². The predicted molar refractivity (Wildman–Crippen MR) is 16.7 cm³/mol. The van der Waals surface area contributed by atoms with Gasteiger partial charge in [0.05, 0.1) is 5.88 Å². The minimum absolute atomic E-state index is 0.100. The lowest BCUT2D eigenvalue weighted by Crippen LogP contribution is -1.79. The molecule has 1 rings (SSSR count). The third-order valence-electron chi connectivity index (χ3n) is 0.358. The van der Waals surface area contributed by atoms with Crippen LogP contribution in [0.2, 0.25) is 0 Å². The third kappa shape index (κ3) is 0.758. The number of alkyl halides is 1. The van der Waals surface area contributed by atoms with E-state index in [-0.39, 0.29) is 6.29 Å². The molecule has 0 unspecified atom stereocenters. The zero-order valence-corrected chi connectivity index (χ0v) is 3.23. The summed E-state index contributed by atoms with van der Waals surface area (Å²) in [6.07, 6.45) is -0.100. The summed E-state index contributed by atoms with van der Waals surface area (Å²) in [5.41, 5.74) is 0. The van der Waals surface area contributed by atoms with Crippen molar-refractivity contribution in [2.24, 2.45) is 0 Å². The van der Waals surface area contributed by atoms with Gasteiger partial charge in [0.25, 0.3) is 0 Å². The highest BCUT2D eigenvalue weighted by Gasteiger charge is 2.23. The Balaban J connectivity index is 2.00. The summed E-state index contributed by atoms with van der Waals surface area (Å²) in [7, 11) is 0. The van der Waals surface area contributed by atoms with Crippen molar-refractivity contribution in [3.63, 3.8) is 0 Å². The molecule has 30 valence electrons. The number of halogens is 1. The molecule has 2 nitrogen and oxygen atoms in total. The van der Waals surface area contributed by atoms with Crippen LogP contribution < -0.4 is 0 Å². The summed E-state index contributed by atoms with van der Waals surface area (Å²) in [4.78, 5) is 8.45. The van der Waals surface area contributed by atoms with Crippen LogP contribution in [0.3, 0.4) is 0 Å². The van der Waals surface area contributed by atoms with Crippen molar-refractivity contribution in [3.05, 3.63) is 0 Å². The van der Waals surface area contributed by atoms with Crippen LogP contribution in [-0.4, -0.2) is 12.2 Å². The van der Waals surface area contributed by atoms with E-state index >= 15 is 0 Å². The zero-order valence-electron chi connectivity index (χ0n) is 2.48. The van der Waals surface area contributed by atoms with Gasteiger partial charge in [-0.05, 0) is 0 Å². The minimum Gasteiger partial charge on any atom is -0.197 e. The summed E-state index contributed by atoms with van der Waals surface area (Å²) < 4.78 is 0. The second kappa shape index (κ2) is 1.12. The van der Waals surface area contributed by atoms with Gasteiger partial charge in [-0.2, -0.15) is 9.78 Å². The first-order chi connectivity index (χ1) is 2.43. The van der Waals surface area contributed by atoms with Crippen LogP contribution in [0.4, 0.5) is 0 Å². The molecule has 0 radical (unpaired) electrons. The van der Waals surface area contributed by atoms with E-state index in [1.54, 1.807) is 0 Å². The second-order valence-electron chi connectivity index (χ2n) is 0.776. The zero-order chi connectivity index (χ0) is 3.70. The van der Waals surface area contributed by atoms with Crippen LogP contribution in [-0.2, 0) is 9.78 Å². The van der Waals surface area contributed by atoms with Gasteiger partial charge in [0, 0.05) is 0 Å². The summed E-state index contributed by atoms with van der Waals surface area (Å²) in [5.74, 6) is 0.444. The van der Waals surface area contributed by atoms with E-state index in [0.29, 0.717) is 5.88 Å². The Morgan fingerprint density at radius 1 is 1.60 bits per heavy atom. The van der Waals surface area contributed by atoms with Gasteiger partial charge < -0.3 is 0 Å². The first-order valence-electron chi connectivity index (χ1n) is 1.31. The van der Waals surface area contributed by atoms with Crippen molar-refractivity contribution < 1.29 is 9.78 Å². The number of hydrogen-bond donors (Lipinski definition) is 0. The van der Waals surface area contributed by atoms with Crippen molar-refractivity contribution in [2.75, 3.05) is 5.88 Å². The molecule has 1 heterocycles. The maximum atomic E-state index is 5.15. The summed E-state index contributed by atoms with van der Waals surface area (Å²) in [6, 6.07) is 0. The molecule has 3 heteroatoms. The fourth-order valence-electron chi connectivity index (χ4n) is 0.0907. The SMILES string of the molecule is ClCC1OO1. The van der Waals surface area contributed by atoms with Crippen LogP contribution in [0.15, 0.2) is 0 Å². The van der Waals surface area contributed by atoms with Crippen molar-refractivity contribution >= 4 is 11.6 Å². The molecule has 0 aromatic carbocycles. The van der Waals surface area contributed by atoms with E-state index in [1.165, 1.54) is 0 Å². The Labute approximate surface area is 34.6 Å². The molecule has 1 fully saturated rings. The largest absolute Gasteiger partial charge is 0.237 e. The third-order valence-corrected chi connectivity index (χ3v) is 0.610. The number of hydrogen-bond acceptors (Lipinski definition) is 2. The lowest BCUT2D eigenvalue weighted by molar-refractivity contribution is 0.0850. The minimum atomic E-state index is -0.100. The van der Waals surface area contributed by atoms with Crippen molar-refractivity contribution in [1.82, 2.24) is 0 Å². The standard InChI is InChI=1S/C2H3ClO2/c3-1-2-4-5-2/h2H,1H2. The van der Waals surface area contributed by atoms with Crippen molar-refractivity contribution in [1.29, 1.82) is 0 Å². The average Bonchev–Trinajstić information content (AvgIpc) is 2.12. The lowest BCUT2D eigenvalue weighted by atomic mass is 10.8. The van der Waals surface area contributed by atoms with Gasteiger partial charge in [0.15, 0.2) is 0 Å². The second-order valence-corrected chi connectivity index (χ2v) is 1.08. The van der Waals surface area contributed by atoms with Gasteiger partial charge in [0.2, 0.25) is 6.29 Å². The van der Waals surface area contributed by atoms with Crippen LogP contribution >= 0.6 is 11.6 Å². The fourth-order valence-corrected chi connectivity index (χ4v) is 0.194. The maximum absolute atomic E-state index is 5.15. The smallest absolute Gasteiger partial charge is 0.197 e. The fraction of sp³-hybridized carbons (Fsp3) is 1.00. The van der Waals surface area contributed by atoms with E-state index < -0.39 is 0 Å². The lowest BCUT2D eigenvalue weighted by Gasteiger charge is -1.60. The van der Waals surface area contributed by atoms with Crippen LogP contribution in [0.5, 0.6) is 0 Å². The first-order valence-corrected chi connectivity index (χ1v) is 1.85. The van der Waals surface area contributed by atoms with E-state index in [1.807, 2.05) is 0 Å². The van der Waals surface area contributed by atoms with Gasteiger partial charge >= 0.3 is 0 Å². The molecular weight excluding hydrogens is 91.5 g/mol. The highest BCUT2D eigenvalue weighted by molar-refractivity contribution is 6.18. The highest BCUT2D eigenvalue weighted by atomic mass is 35.5. The van der Waals surface area contributed by atoms with Crippen molar-refractivity contribution in [3.8, 4) is 0 Å². The molecule has 0 saturated carbocycles. The van der Waals surface area contributed by atoms with Gasteiger partial charge in [-0.3, -0.25) is 0 Å². The molecule has 1 aliphatic rings. The van der Waals surface area contributed by atoms with Crippen LogP contribution in [0.25, 0.3) is 0 Å². The first kappa shape index (κ1) is 3.40. The Hall–Kier alpha value is 0.210. The van der Waals surface area contributed by atoms with E-state index in [0.717, 1.165) is 0 Å². The quantitative estimate of drug-likeness (QED) is 0.269. The molecule has 0 amide bonds. The van der Waals surface area contributed by atoms with Gasteiger partial charge in [-0.25, -0.2) is 0 Å². The molecule has 0 bridgehead atoms. The molecular formula is C2H3ClO2. The van der Waals surface area contributed by atoms with E-state index in [2.05, 4.69) is 9.78 Å². The normalized spacial score (nSPS) is 23.4. The summed E-state index contributed by atoms with van der Waals surface area (Å²) >= 11 is 5.15. The highest BCUT2D eigenvalue weighted by Crippen LogP contribution is 2.11. The van der Waals surface area contributed by atoms with Gasteiger partial charge in [-0.15, -0.1) is 11.6 Å². The van der Waals surface area contributed by atoms with Gasteiger partial charge in [0.1, 0.15) is 0 Å². The average molecular weight is 94.5 g/mol. The van der Waals surface area contributed by atoms with E-state index in [9.17, 15) is 0 Å². The summed E-state index contributed by atoms with van der Waals surface area (Å²) in [6.45, 7) is 0. The Morgan fingerprint density at radius 2 is 2.20 bits per heavy atom. The topological polar surface area (TPSA) is 25.1 Å². The Kier molecular flexibility index (Phi) is 0.765. The maximum Gasteiger partial charge on any atom is 0.237 e. The van der Waals surface area contributed by atoms with Crippen LogP contribution in [0, 0.1) is 0 Å². The molecule has 0 aromatic rings. The monoisotopic (exact) mass is 94.0 g/mol. The molecule has 0 spiro atoms. The molecule has 1 saturated heterocycles. The molecule has 0 aromatic heterocycles. The molecule has 1 aliphatic heterocycles. The van der Waals surface area contributed by atoms with Crippen molar-refractivity contribution in [2.45, 2.75) is 6.29 Å². The molecule has 0 atom stereocenters. The van der Waals surface area contributed by atoms with E-state index in [4.69, 9.17) is 11.6 Å². The molecule has 0 aliphatic carbocycles.